The average molecular weight is 248 g/mol. The Morgan fingerprint density at radius 1 is 1.56 bits per heavy atom. The number of nitrogens with one attached hydrogen (secondary N) is 1. The smallest absolute Gasteiger partial charge is 0.270 e. The lowest BCUT2D eigenvalue weighted by Gasteiger charge is -2.08. The van der Waals surface area contributed by atoms with Crippen LogP contribution in [0.2, 0.25) is 0 Å². The lowest BCUT2D eigenvalue weighted by atomic mass is 10.2. The molecule has 1 aromatic rings. The van der Waals surface area contributed by atoms with Gasteiger partial charge in [0.1, 0.15) is 0 Å². The van der Waals surface area contributed by atoms with Crippen molar-refractivity contribution in [1.29, 1.82) is 0 Å². The molecule has 1 N–H and O–H groups in total. The molecule has 0 heterocycles. The second-order valence-electron chi connectivity index (χ2n) is 4.00. The van der Waals surface area contributed by atoms with Gasteiger partial charge in [0.25, 0.3) is 5.69 Å². The maximum absolute atomic E-state index is 11.5. The number of hydrogen-bond donors (Lipinski definition) is 1. The fraction of sp³-hybridized carbons (Fsp3) is 0.308. The third-order valence-electron chi connectivity index (χ3n) is 2.51. The molecule has 0 aliphatic carbocycles. The standard InChI is InChI=1S/C13H16N2O3/c1-3-10(2)14-13(16)8-7-11-5-4-6-12(9-11)15(17)18/h4-10H,3H2,1-2H3,(H,14,16)/b8-7+. The zero-order valence-electron chi connectivity index (χ0n) is 10.4. The van der Waals surface area contributed by atoms with Crippen molar-refractivity contribution in [2.24, 2.45) is 0 Å². The molecule has 0 bridgehead atoms. The van der Waals surface area contributed by atoms with Gasteiger partial charge in [0.15, 0.2) is 0 Å². The minimum absolute atomic E-state index is 0.0134. The summed E-state index contributed by atoms with van der Waals surface area (Å²) in [4.78, 5) is 21.6. The highest BCUT2D eigenvalue weighted by Crippen LogP contribution is 2.13. The predicted molar refractivity (Wildman–Crippen MR) is 70.0 cm³/mol. The maximum Gasteiger partial charge on any atom is 0.270 e. The van der Waals surface area contributed by atoms with E-state index in [0.29, 0.717) is 5.56 Å². The van der Waals surface area contributed by atoms with Crippen LogP contribution in [-0.4, -0.2) is 16.9 Å². The molecular formula is C13H16N2O3. The first-order chi connectivity index (χ1) is 8.52. The number of nitro groups is 1. The van der Waals surface area contributed by atoms with E-state index >= 15 is 0 Å². The van der Waals surface area contributed by atoms with Gasteiger partial charge in [-0.1, -0.05) is 19.1 Å². The van der Waals surface area contributed by atoms with Gasteiger partial charge in [0, 0.05) is 24.3 Å². The molecule has 5 heteroatoms. The van der Waals surface area contributed by atoms with E-state index in [2.05, 4.69) is 5.32 Å². The van der Waals surface area contributed by atoms with Gasteiger partial charge in [-0.25, -0.2) is 0 Å². The summed E-state index contributed by atoms with van der Waals surface area (Å²) in [5.74, 6) is -0.198. The van der Waals surface area contributed by atoms with Gasteiger partial charge in [0.05, 0.1) is 4.92 Å². The largest absolute Gasteiger partial charge is 0.350 e. The summed E-state index contributed by atoms with van der Waals surface area (Å²) in [7, 11) is 0. The summed E-state index contributed by atoms with van der Waals surface area (Å²) in [6.07, 6.45) is 3.80. The summed E-state index contributed by atoms with van der Waals surface area (Å²) in [5.41, 5.74) is 0.642. The van der Waals surface area contributed by atoms with Crippen molar-refractivity contribution in [2.75, 3.05) is 0 Å². The average Bonchev–Trinajstić information content (AvgIpc) is 2.36. The van der Waals surface area contributed by atoms with E-state index in [1.54, 1.807) is 18.2 Å². The Labute approximate surface area is 106 Å². The van der Waals surface area contributed by atoms with Crippen molar-refractivity contribution in [3.05, 3.63) is 46.0 Å². The van der Waals surface area contributed by atoms with Gasteiger partial charge in [-0.15, -0.1) is 0 Å². The molecule has 1 unspecified atom stereocenters. The number of carbonyl (C=O) groups is 1. The van der Waals surface area contributed by atoms with E-state index in [-0.39, 0.29) is 17.6 Å². The Morgan fingerprint density at radius 2 is 2.28 bits per heavy atom. The topological polar surface area (TPSA) is 72.2 Å². The second kappa shape index (κ2) is 6.54. The lowest BCUT2D eigenvalue weighted by Crippen LogP contribution is -2.30. The van der Waals surface area contributed by atoms with Gasteiger partial charge in [-0.2, -0.15) is 0 Å². The Bertz CT molecular complexity index is 469. The molecule has 1 atom stereocenters. The molecule has 1 amide bonds. The van der Waals surface area contributed by atoms with Crippen LogP contribution in [0.15, 0.2) is 30.3 Å². The fourth-order valence-corrected chi connectivity index (χ4v) is 1.31. The van der Waals surface area contributed by atoms with E-state index < -0.39 is 4.92 Å². The van der Waals surface area contributed by atoms with Crippen LogP contribution in [0.5, 0.6) is 0 Å². The van der Waals surface area contributed by atoms with Gasteiger partial charge in [-0.05, 0) is 25.0 Å². The summed E-state index contributed by atoms with van der Waals surface area (Å²) in [6.45, 7) is 3.90. The van der Waals surface area contributed by atoms with Gasteiger partial charge < -0.3 is 5.32 Å². The monoisotopic (exact) mass is 248 g/mol. The van der Waals surface area contributed by atoms with Gasteiger partial charge >= 0.3 is 0 Å². The molecule has 0 aliphatic heterocycles. The maximum atomic E-state index is 11.5. The van der Waals surface area contributed by atoms with Gasteiger partial charge in [-0.3, -0.25) is 14.9 Å². The lowest BCUT2D eigenvalue weighted by molar-refractivity contribution is -0.384. The molecule has 18 heavy (non-hydrogen) atoms. The van der Waals surface area contributed by atoms with Crippen LogP contribution in [0.1, 0.15) is 25.8 Å². The van der Waals surface area contributed by atoms with Crippen LogP contribution in [0.4, 0.5) is 5.69 Å². The molecule has 0 aliphatic rings. The van der Waals surface area contributed by atoms with Crippen LogP contribution in [0.3, 0.4) is 0 Å². The molecule has 0 saturated carbocycles. The number of carbonyl (C=O) groups excluding carboxylic acids is 1. The Hall–Kier alpha value is -2.17. The molecule has 0 saturated heterocycles. The molecule has 1 rings (SSSR count). The van der Waals surface area contributed by atoms with E-state index in [1.807, 2.05) is 13.8 Å². The first-order valence-corrected chi connectivity index (χ1v) is 5.76. The van der Waals surface area contributed by atoms with E-state index in [0.717, 1.165) is 6.42 Å². The van der Waals surface area contributed by atoms with Gasteiger partial charge in [0.2, 0.25) is 5.91 Å². The minimum atomic E-state index is -0.462. The number of hydrogen-bond acceptors (Lipinski definition) is 3. The number of benzene rings is 1. The van der Waals surface area contributed by atoms with Crippen LogP contribution < -0.4 is 5.32 Å². The first-order valence-electron chi connectivity index (χ1n) is 5.76. The summed E-state index contributed by atoms with van der Waals surface area (Å²) in [5, 5.41) is 13.4. The molecule has 0 fully saturated rings. The number of amides is 1. The highest BCUT2D eigenvalue weighted by atomic mass is 16.6. The highest BCUT2D eigenvalue weighted by Gasteiger charge is 2.04. The van der Waals surface area contributed by atoms with Crippen molar-refractivity contribution in [1.82, 2.24) is 5.32 Å². The fourth-order valence-electron chi connectivity index (χ4n) is 1.31. The zero-order chi connectivity index (χ0) is 13.5. The molecular weight excluding hydrogens is 232 g/mol. The Balaban J connectivity index is 2.69. The minimum Gasteiger partial charge on any atom is -0.350 e. The summed E-state index contributed by atoms with van der Waals surface area (Å²) < 4.78 is 0. The number of rotatable bonds is 5. The highest BCUT2D eigenvalue weighted by molar-refractivity contribution is 5.91. The number of nitro benzene ring substituents is 1. The Morgan fingerprint density at radius 3 is 2.89 bits per heavy atom. The van der Waals surface area contributed by atoms with Crippen molar-refractivity contribution in [3.63, 3.8) is 0 Å². The van der Waals surface area contributed by atoms with Crippen LogP contribution in [-0.2, 0) is 4.79 Å². The van der Waals surface area contributed by atoms with Crippen LogP contribution >= 0.6 is 0 Å². The SMILES string of the molecule is CCC(C)NC(=O)/C=C/c1cccc([N+](=O)[O-])c1. The third-order valence-corrected chi connectivity index (χ3v) is 2.51. The van der Waals surface area contributed by atoms with Crippen molar-refractivity contribution < 1.29 is 9.72 Å². The van der Waals surface area contributed by atoms with Crippen LogP contribution in [0.25, 0.3) is 6.08 Å². The van der Waals surface area contributed by atoms with E-state index in [4.69, 9.17) is 0 Å². The molecule has 0 aromatic heterocycles. The van der Waals surface area contributed by atoms with Crippen molar-refractivity contribution in [3.8, 4) is 0 Å². The van der Waals surface area contributed by atoms with Crippen molar-refractivity contribution in [2.45, 2.75) is 26.3 Å². The molecule has 0 radical (unpaired) electrons. The zero-order valence-corrected chi connectivity index (χ0v) is 10.4. The number of non-ortho nitro benzene ring substituents is 1. The first kappa shape index (κ1) is 13.9. The molecule has 1 aromatic carbocycles. The van der Waals surface area contributed by atoms with Crippen molar-refractivity contribution >= 4 is 17.7 Å². The van der Waals surface area contributed by atoms with Crippen LogP contribution in [0, 0.1) is 10.1 Å². The predicted octanol–water partition coefficient (Wildman–Crippen LogP) is 2.52. The number of nitrogens with zero attached hydrogens (tertiary/aromatic N) is 1. The summed E-state index contributed by atoms with van der Waals surface area (Å²) in [6, 6.07) is 6.25. The third kappa shape index (κ3) is 4.37. The molecule has 0 spiro atoms. The summed E-state index contributed by atoms with van der Waals surface area (Å²) >= 11 is 0. The van der Waals surface area contributed by atoms with E-state index in [1.165, 1.54) is 18.2 Å². The van der Waals surface area contributed by atoms with E-state index in [9.17, 15) is 14.9 Å². The second-order valence-corrected chi connectivity index (χ2v) is 4.00. The quantitative estimate of drug-likeness (QED) is 0.494. The molecule has 5 nitrogen and oxygen atoms in total. The Kier molecular flexibility index (Phi) is 5.05. The normalized spacial score (nSPS) is 12.3. The molecule has 96 valence electrons.